The molecule has 2 aliphatic rings. The topological polar surface area (TPSA) is 54.9 Å². The van der Waals surface area contributed by atoms with Crippen molar-refractivity contribution in [3.63, 3.8) is 0 Å². The van der Waals surface area contributed by atoms with E-state index in [9.17, 15) is 4.79 Å². The van der Waals surface area contributed by atoms with E-state index in [1.54, 1.807) is 0 Å². The van der Waals surface area contributed by atoms with Gasteiger partial charge in [0.05, 0.1) is 0 Å². The fourth-order valence-electron chi connectivity index (χ4n) is 3.04. The Labute approximate surface area is 115 Å². The van der Waals surface area contributed by atoms with E-state index < -0.39 is 0 Å². The van der Waals surface area contributed by atoms with E-state index in [1.165, 1.54) is 31.7 Å². The molecule has 2 fully saturated rings. The summed E-state index contributed by atoms with van der Waals surface area (Å²) in [5, 5.41) is 3.06. The molecule has 0 spiro atoms. The van der Waals surface area contributed by atoms with Gasteiger partial charge in [-0.25, -0.2) is 9.97 Å². The van der Waals surface area contributed by atoms with Gasteiger partial charge < -0.3 is 5.32 Å². The Morgan fingerprint density at radius 1 is 1.22 bits per heavy atom. The van der Waals surface area contributed by atoms with Crippen LogP contribution in [0.1, 0.15) is 25.7 Å². The minimum absolute atomic E-state index is 0.0396. The molecule has 0 aliphatic heterocycles. The number of fused-ring (bicyclic) bond motifs is 1. The second-order valence-electron chi connectivity index (χ2n) is 4.97. The van der Waals surface area contributed by atoms with Gasteiger partial charge >= 0.3 is 0 Å². The number of rotatable bonds is 2. The minimum atomic E-state index is 0.0396. The molecule has 6 heteroatoms. The van der Waals surface area contributed by atoms with Crippen LogP contribution in [0.15, 0.2) is 6.07 Å². The van der Waals surface area contributed by atoms with Gasteiger partial charge in [-0.1, -0.05) is 24.4 Å². The van der Waals surface area contributed by atoms with Crippen LogP contribution in [-0.2, 0) is 4.79 Å². The number of aromatic nitrogens is 2. The van der Waals surface area contributed by atoms with Crippen LogP contribution < -0.4 is 5.32 Å². The van der Waals surface area contributed by atoms with Crippen molar-refractivity contribution in [1.82, 2.24) is 9.97 Å². The summed E-state index contributed by atoms with van der Waals surface area (Å²) >= 11 is 11.5. The van der Waals surface area contributed by atoms with Crippen molar-refractivity contribution >= 4 is 34.9 Å². The summed E-state index contributed by atoms with van der Waals surface area (Å²) in [5.74, 6) is 1.73. The first-order valence-electron chi connectivity index (χ1n) is 6.16. The maximum absolute atomic E-state index is 12.1. The lowest BCUT2D eigenvalue weighted by molar-refractivity contribution is -0.117. The van der Waals surface area contributed by atoms with Crippen LogP contribution in [-0.4, -0.2) is 15.9 Å². The highest BCUT2D eigenvalue weighted by atomic mass is 35.5. The number of halogens is 2. The number of nitrogens with one attached hydrogen (secondary N) is 1. The number of nitrogens with zero attached hydrogens (tertiary/aromatic N) is 2. The van der Waals surface area contributed by atoms with Crippen molar-refractivity contribution in [3.05, 3.63) is 16.5 Å². The van der Waals surface area contributed by atoms with E-state index in [0.29, 0.717) is 17.7 Å². The molecule has 18 heavy (non-hydrogen) atoms. The van der Waals surface area contributed by atoms with Crippen molar-refractivity contribution in [2.45, 2.75) is 25.7 Å². The van der Waals surface area contributed by atoms with Crippen LogP contribution in [0.2, 0.25) is 10.4 Å². The molecular formula is C12H13Cl2N3O. The Morgan fingerprint density at radius 3 is 2.50 bits per heavy atom. The lowest BCUT2D eigenvalue weighted by atomic mass is 10.0. The van der Waals surface area contributed by atoms with Crippen molar-refractivity contribution in [2.24, 2.45) is 17.8 Å². The van der Waals surface area contributed by atoms with Crippen LogP contribution in [0.25, 0.3) is 0 Å². The molecule has 2 saturated carbocycles. The van der Waals surface area contributed by atoms with Gasteiger partial charge in [0.1, 0.15) is 11.0 Å². The summed E-state index contributed by atoms with van der Waals surface area (Å²) in [6.07, 6.45) is 4.84. The highest BCUT2D eigenvalue weighted by Crippen LogP contribution is 2.55. The first-order chi connectivity index (χ1) is 8.65. The summed E-state index contributed by atoms with van der Waals surface area (Å²) in [6.45, 7) is 0. The number of amides is 1. The zero-order valence-electron chi connectivity index (χ0n) is 9.70. The number of hydrogen-bond donors (Lipinski definition) is 1. The van der Waals surface area contributed by atoms with Crippen LogP contribution in [0.3, 0.4) is 0 Å². The monoisotopic (exact) mass is 285 g/mol. The molecule has 1 aromatic heterocycles. The zero-order valence-corrected chi connectivity index (χ0v) is 11.2. The normalized spacial score (nSPS) is 29.6. The molecule has 0 radical (unpaired) electrons. The van der Waals surface area contributed by atoms with Gasteiger partial charge in [0, 0.05) is 12.0 Å². The van der Waals surface area contributed by atoms with Crippen LogP contribution in [0, 0.1) is 17.8 Å². The Morgan fingerprint density at radius 2 is 1.89 bits per heavy atom. The molecule has 1 aromatic rings. The lowest BCUT2D eigenvalue weighted by Gasteiger charge is -2.04. The first kappa shape index (κ1) is 12.2. The molecule has 96 valence electrons. The van der Waals surface area contributed by atoms with Gasteiger partial charge in [-0.3, -0.25) is 4.79 Å². The van der Waals surface area contributed by atoms with Crippen molar-refractivity contribution < 1.29 is 4.79 Å². The summed E-state index contributed by atoms with van der Waals surface area (Å²) in [7, 11) is 0. The maximum Gasteiger partial charge on any atom is 0.229 e. The van der Waals surface area contributed by atoms with Crippen LogP contribution in [0.4, 0.5) is 5.82 Å². The van der Waals surface area contributed by atoms with Gasteiger partial charge in [0.25, 0.3) is 0 Å². The molecule has 1 amide bonds. The molecule has 2 aliphatic carbocycles. The fraction of sp³-hybridized carbons (Fsp3) is 0.583. The van der Waals surface area contributed by atoms with E-state index in [-0.39, 0.29) is 22.3 Å². The molecule has 0 saturated heterocycles. The van der Waals surface area contributed by atoms with Gasteiger partial charge in [-0.05, 0) is 36.3 Å². The van der Waals surface area contributed by atoms with Gasteiger partial charge in [-0.15, -0.1) is 0 Å². The summed E-state index contributed by atoms with van der Waals surface area (Å²) in [5.41, 5.74) is 0. The van der Waals surface area contributed by atoms with E-state index >= 15 is 0 Å². The molecule has 3 rings (SSSR count). The average Bonchev–Trinajstić information content (AvgIpc) is 3.01. The second-order valence-corrected chi connectivity index (χ2v) is 5.70. The third kappa shape index (κ3) is 2.31. The molecule has 0 bridgehead atoms. The standard InChI is InChI=1S/C12H13Cl2N3O/c13-8-5-9(17-12(14)15-8)16-11(18)10-6-3-1-2-4-7(6)10/h5-7,10H,1-4H2,(H,15,16,17,18). The Bertz CT molecular complexity index is 462. The first-order valence-corrected chi connectivity index (χ1v) is 6.91. The Balaban J connectivity index is 1.68. The molecule has 2 atom stereocenters. The molecule has 2 unspecified atom stereocenters. The van der Waals surface area contributed by atoms with Crippen LogP contribution in [0.5, 0.6) is 0 Å². The Hall–Kier alpha value is -0.870. The molecule has 1 heterocycles. The predicted octanol–water partition coefficient (Wildman–Crippen LogP) is 3.16. The number of anilines is 1. The third-order valence-corrected chi connectivity index (χ3v) is 4.24. The second kappa shape index (κ2) is 4.67. The van der Waals surface area contributed by atoms with Crippen molar-refractivity contribution in [2.75, 3.05) is 5.32 Å². The maximum atomic E-state index is 12.1. The number of hydrogen-bond acceptors (Lipinski definition) is 3. The highest BCUT2D eigenvalue weighted by Gasteiger charge is 2.54. The Kier molecular flexibility index (Phi) is 3.16. The molecule has 1 N–H and O–H groups in total. The summed E-state index contributed by atoms with van der Waals surface area (Å²) < 4.78 is 0. The van der Waals surface area contributed by atoms with E-state index in [2.05, 4.69) is 15.3 Å². The predicted molar refractivity (Wildman–Crippen MR) is 69.6 cm³/mol. The molecular weight excluding hydrogens is 273 g/mol. The van der Waals surface area contributed by atoms with Gasteiger partial charge in [-0.2, -0.15) is 0 Å². The van der Waals surface area contributed by atoms with E-state index in [4.69, 9.17) is 23.2 Å². The minimum Gasteiger partial charge on any atom is -0.310 e. The fourth-order valence-corrected chi connectivity index (χ4v) is 3.45. The van der Waals surface area contributed by atoms with Crippen molar-refractivity contribution in [3.8, 4) is 0 Å². The zero-order chi connectivity index (χ0) is 12.7. The SMILES string of the molecule is O=C(Nc1cc(Cl)nc(Cl)n1)C1C2CCCCC21. The van der Waals surface area contributed by atoms with Gasteiger partial charge in [0.2, 0.25) is 11.2 Å². The highest BCUT2D eigenvalue weighted by molar-refractivity contribution is 6.32. The lowest BCUT2D eigenvalue weighted by Crippen LogP contribution is -2.16. The van der Waals surface area contributed by atoms with Gasteiger partial charge in [0.15, 0.2) is 0 Å². The average molecular weight is 286 g/mol. The summed E-state index contributed by atoms with van der Waals surface area (Å²) in [4.78, 5) is 19.8. The third-order valence-electron chi connectivity index (χ3n) is 3.88. The molecule has 0 aromatic carbocycles. The summed E-state index contributed by atoms with van der Waals surface area (Å²) in [6, 6.07) is 1.51. The smallest absolute Gasteiger partial charge is 0.229 e. The quantitative estimate of drug-likeness (QED) is 0.671. The largest absolute Gasteiger partial charge is 0.310 e. The van der Waals surface area contributed by atoms with Crippen molar-refractivity contribution in [1.29, 1.82) is 0 Å². The number of carbonyl (C=O) groups is 1. The molecule has 4 nitrogen and oxygen atoms in total. The van der Waals surface area contributed by atoms with Crippen LogP contribution >= 0.6 is 23.2 Å². The van der Waals surface area contributed by atoms with E-state index in [1.807, 2.05) is 0 Å². The van der Waals surface area contributed by atoms with E-state index in [0.717, 1.165) is 0 Å². The number of carbonyl (C=O) groups excluding carboxylic acids is 1.